The molecule has 5 nitrogen and oxygen atoms in total. The normalized spacial score (nSPS) is 24.4. The molecule has 2 saturated heterocycles. The van der Waals surface area contributed by atoms with Crippen molar-refractivity contribution in [1.82, 2.24) is 15.6 Å². The average Bonchev–Trinajstić information content (AvgIpc) is 2.50. The molecule has 0 bridgehead atoms. The van der Waals surface area contributed by atoms with Crippen LogP contribution in [0.15, 0.2) is 11.9 Å². The van der Waals surface area contributed by atoms with Crippen molar-refractivity contribution in [3.05, 3.63) is 11.9 Å². The predicted octanol–water partition coefficient (Wildman–Crippen LogP) is 0.934. The van der Waals surface area contributed by atoms with Crippen molar-refractivity contribution in [2.24, 2.45) is 5.84 Å². The van der Waals surface area contributed by atoms with Crippen molar-refractivity contribution < 1.29 is 4.74 Å². The summed E-state index contributed by atoms with van der Waals surface area (Å²) in [5.74, 6) is 5.44. The van der Waals surface area contributed by atoms with Crippen molar-refractivity contribution in [3.63, 3.8) is 0 Å². The monoisotopic (exact) mass is 268 g/mol. The lowest BCUT2D eigenvalue weighted by atomic mass is 10.00. The first-order valence-electron chi connectivity index (χ1n) is 7.57. The van der Waals surface area contributed by atoms with Crippen molar-refractivity contribution in [2.75, 3.05) is 26.3 Å². The van der Waals surface area contributed by atoms with Crippen LogP contribution in [0.3, 0.4) is 0 Å². The van der Waals surface area contributed by atoms with Crippen LogP contribution in [0, 0.1) is 0 Å². The van der Waals surface area contributed by atoms with Crippen LogP contribution in [0.4, 0.5) is 0 Å². The number of hydrogen-bond acceptors (Lipinski definition) is 5. The maximum Gasteiger partial charge on any atom is 0.0480 e. The molecule has 0 aliphatic carbocycles. The smallest absolute Gasteiger partial charge is 0.0480 e. The molecule has 4 N–H and O–H groups in total. The van der Waals surface area contributed by atoms with E-state index in [0.717, 1.165) is 31.4 Å². The fourth-order valence-electron chi connectivity index (χ4n) is 2.95. The standard InChI is InChI=1S/C14H28N4O/c1-2-12(17-15)11-16-13-3-7-18(8-4-13)14-5-9-19-10-6-14/h11,13-14,16-17H,2-10,15H2,1H3/b12-11-. The summed E-state index contributed by atoms with van der Waals surface area (Å²) in [4.78, 5) is 2.65. The van der Waals surface area contributed by atoms with E-state index in [1.807, 2.05) is 6.20 Å². The summed E-state index contributed by atoms with van der Waals surface area (Å²) in [5.41, 5.74) is 3.79. The second-order valence-electron chi connectivity index (χ2n) is 5.49. The van der Waals surface area contributed by atoms with Crippen LogP contribution >= 0.6 is 0 Å². The van der Waals surface area contributed by atoms with Crippen LogP contribution < -0.4 is 16.6 Å². The number of hydrazine groups is 1. The van der Waals surface area contributed by atoms with Gasteiger partial charge >= 0.3 is 0 Å². The molecule has 0 aromatic heterocycles. The predicted molar refractivity (Wildman–Crippen MR) is 77.3 cm³/mol. The molecule has 110 valence electrons. The first kappa shape index (κ1) is 14.6. The Morgan fingerprint density at radius 1 is 1.26 bits per heavy atom. The lowest BCUT2D eigenvalue weighted by molar-refractivity contribution is 0.0244. The summed E-state index contributed by atoms with van der Waals surface area (Å²) in [6, 6.07) is 1.34. The van der Waals surface area contributed by atoms with Crippen LogP contribution in [0.2, 0.25) is 0 Å². The van der Waals surface area contributed by atoms with Gasteiger partial charge in [0.1, 0.15) is 0 Å². The van der Waals surface area contributed by atoms with Crippen LogP contribution in [-0.2, 0) is 4.74 Å². The lowest BCUT2D eigenvalue weighted by Crippen LogP contribution is -2.47. The Morgan fingerprint density at radius 2 is 1.95 bits per heavy atom. The third-order valence-electron chi connectivity index (χ3n) is 4.30. The maximum absolute atomic E-state index is 5.44. The summed E-state index contributed by atoms with van der Waals surface area (Å²) in [7, 11) is 0. The number of nitrogens with zero attached hydrogens (tertiary/aromatic N) is 1. The SMILES string of the molecule is CC/C(=C/NC1CCN(C2CCOCC2)CC1)NN. The molecule has 0 aromatic rings. The number of hydrogen-bond donors (Lipinski definition) is 3. The molecule has 19 heavy (non-hydrogen) atoms. The van der Waals surface area contributed by atoms with Crippen LogP contribution in [-0.4, -0.2) is 43.3 Å². The number of nitrogens with one attached hydrogen (secondary N) is 2. The molecular weight excluding hydrogens is 240 g/mol. The number of nitrogens with two attached hydrogens (primary N) is 1. The summed E-state index contributed by atoms with van der Waals surface area (Å²) < 4.78 is 5.44. The largest absolute Gasteiger partial charge is 0.387 e. The minimum Gasteiger partial charge on any atom is -0.387 e. The van der Waals surface area contributed by atoms with Gasteiger partial charge in [0, 0.05) is 50.3 Å². The van der Waals surface area contributed by atoms with E-state index in [-0.39, 0.29) is 0 Å². The molecule has 5 heteroatoms. The number of likely N-dealkylation sites (tertiary alicyclic amines) is 1. The molecule has 2 rings (SSSR count). The second kappa shape index (κ2) is 7.72. The van der Waals surface area contributed by atoms with Crippen LogP contribution in [0.25, 0.3) is 0 Å². The van der Waals surface area contributed by atoms with E-state index in [9.17, 15) is 0 Å². The van der Waals surface area contributed by atoms with E-state index in [1.54, 1.807) is 0 Å². The van der Waals surface area contributed by atoms with Crippen molar-refractivity contribution in [1.29, 1.82) is 0 Å². The molecule has 2 fully saturated rings. The van der Waals surface area contributed by atoms with Crippen LogP contribution in [0.1, 0.15) is 39.0 Å². The van der Waals surface area contributed by atoms with Crippen LogP contribution in [0.5, 0.6) is 0 Å². The molecular formula is C14H28N4O. The molecule has 0 atom stereocenters. The zero-order valence-electron chi connectivity index (χ0n) is 12.0. The second-order valence-corrected chi connectivity index (χ2v) is 5.49. The Balaban J connectivity index is 1.71. The summed E-state index contributed by atoms with van der Waals surface area (Å²) in [6.07, 6.45) is 7.81. The van der Waals surface area contributed by atoms with Gasteiger partial charge in [-0.2, -0.15) is 0 Å². The Bertz CT molecular complexity index is 275. The van der Waals surface area contributed by atoms with Gasteiger partial charge in [0.05, 0.1) is 0 Å². The summed E-state index contributed by atoms with van der Waals surface area (Å²) >= 11 is 0. The van der Waals surface area contributed by atoms with Gasteiger partial charge in [0.25, 0.3) is 0 Å². The highest BCUT2D eigenvalue weighted by atomic mass is 16.5. The highest BCUT2D eigenvalue weighted by Gasteiger charge is 2.25. The number of rotatable bonds is 5. The zero-order valence-corrected chi connectivity index (χ0v) is 12.0. The summed E-state index contributed by atoms with van der Waals surface area (Å²) in [6.45, 7) is 6.38. The third-order valence-corrected chi connectivity index (χ3v) is 4.30. The van der Waals surface area contributed by atoms with Gasteiger partial charge in [0.15, 0.2) is 0 Å². The van der Waals surface area contributed by atoms with E-state index < -0.39 is 0 Å². The first-order chi connectivity index (χ1) is 9.33. The Labute approximate surface area is 116 Å². The van der Waals surface area contributed by atoms with Gasteiger partial charge in [-0.1, -0.05) is 6.92 Å². The van der Waals surface area contributed by atoms with Gasteiger partial charge < -0.3 is 20.4 Å². The van der Waals surface area contributed by atoms with E-state index in [1.165, 1.54) is 38.8 Å². The Hall–Kier alpha value is -0.780. The molecule has 0 unspecified atom stereocenters. The molecule has 2 aliphatic heterocycles. The quantitative estimate of drug-likeness (QED) is 0.511. The van der Waals surface area contributed by atoms with Crippen molar-refractivity contribution in [3.8, 4) is 0 Å². The van der Waals surface area contributed by atoms with Gasteiger partial charge in [0.2, 0.25) is 0 Å². The number of ether oxygens (including phenoxy) is 1. The lowest BCUT2D eigenvalue weighted by Gasteiger charge is -2.39. The molecule has 0 aromatic carbocycles. The molecule has 0 radical (unpaired) electrons. The van der Waals surface area contributed by atoms with E-state index in [0.29, 0.717) is 6.04 Å². The molecule has 0 amide bonds. The van der Waals surface area contributed by atoms with Crippen molar-refractivity contribution in [2.45, 2.75) is 51.1 Å². The molecule has 0 saturated carbocycles. The Kier molecular flexibility index (Phi) is 5.94. The van der Waals surface area contributed by atoms with Gasteiger partial charge in [-0.25, -0.2) is 0 Å². The fraction of sp³-hybridized carbons (Fsp3) is 0.857. The molecule has 2 aliphatic rings. The van der Waals surface area contributed by atoms with Gasteiger partial charge in [-0.3, -0.25) is 5.84 Å². The van der Waals surface area contributed by atoms with E-state index in [4.69, 9.17) is 10.6 Å². The minimum atomic E-state index is 0.589. The van der Waals surface area contributed by atoms with E-state index in [2.05, 4.69) is 22.6 Å². The fourth-order valence-corrected chi connectivity index (χ4v) is 2.95. The minimum absolute atomic E-state index is 0.589. The van der Waals surface area contributed by atoms with Gasteiger partial charge in [-0.05, 0) is 32.1 Å². The third kappa shape index (κ3) is 4.37. The highest BCUT2D eigenvalue weighted by Crippen LogP contribution is 2.19. The highest BCUT2D eigenvalue weighted by molar-refractivity contribution is 4.97. The first-order valence-corrected chi connectivity index (χ1v) is 7.57. The zero-order chi connectivity index (χ0) is 13.5. The maximum atomic E-state index is 5.44. The van der Waals surface area contributed by atoms with Crippen molar-refractivity contribution >= 4 is 0 Å². The molecule has 0 spiro atoms. The number of piperidine rings is 1. The summed E-state index contributed by atoms with van der Waals surface area (Å²) in [5, 5.41) is 3.49. The topological polar surface area (TPSA) is 62.5 Å². The average molecular weight is 268 g/mol. The van der Waals surface area contributed by atoms with E-state index >= 15 is 0 Å². The van der Waals surface area contributed by atoms with Gasteiger partial charge in [-0.15, -0.1) is 0 Å². The number of allylic oxidation sites excluding steroid dienone is 1. The Morgan fingerprint density at radius 3 is 2.53 bits per heavy atom. The molecule has 2 heterocycles.